The predicted octanol–water partition coefficient (Wildman–Crippen LogP) is 3.37. The molecule has 1 fully saturated rings. The topological polar surface area (TPSA) is 47.4 Å². The maximum absolute atomic E-state index is 12.9. The molecule has 1 aromatic heterocycles. The van der Waals surface area contributed by atoms with Gasteiger partial charge in [-0.3, -0.25) is 9.48 Å². The van der Waals surface area contributed by atoms with Crippen LogP contribution in [0, 0.1) is 0 Å². The summed E-state index contributed by atoms with van der Waals surface area (Å²) in [6.07, 6.45) is 8.69. The van der Waals surface area contributed by atoms with Crippen molar-refractivity contribution in [2.45, 2.75) is 38.3 Å². The van der Waals surface area contributed by atoms with Crippen LogP contribution in [-0.2, 0) is 6.54 Å². The van der Waals surface area contributed by atoms with E-state index in [1.54, 1.807) is 16.9 Å². The van der Waals surface area contributed by atoms with E-state index in [0.717, 1.165) is 37.1 Å². The molecule has 130 valence electrons. The van der Waals surface area contributed by atoms with Crippen LogP contribution >= 0.6 is 0 Å². The number of amides is 1. The van der Waals surface area contributed by atoms with Gasteiger partial charge in [0.25, 0.3) is 5.91 Å². The van der Waals surface area contributed by atoms with Crippen molar-refractivity contribution in [1.29, 1.82) is 0 Å². The Labute approximate surface area is 147 Å². The smallest absolute Gasteiger partial charge is 0.272 e. The number of carbonyl (C=O) groups is 1. The zero-order valence-electron chi connectivity index (χ0n) is 14.5. The maximum Gasteiger partial charge on any atom is 0.272 e. The predicted molar refractivity (Wildman–Crippen MR) is 96.5 cm³/mol. The molecule has 1 saturated heterocycles. The molecule has 1 amide bonds. The van der Waals surface area contributed by atoms with Crippen LogP contribution in [0.15, 0.2) is 42.6 Å². The second-order valence-corrected chi connectivity index (χ2v) is 6.72. The normalized spacial score (nSPS) is 22.4. The summed E-state index contributed by atoms with van der Waals surface area (Å²) in [4.78, 5) is 14.8. The van der Waals surface area contributed by atoms with E-state index >= 15 is 0 Å². The van der Waals surface area contributed by atoms with Crippen LogP contribution in [0.3, 0.4) is 0 Å². The average Bonchev–Trinajstić information content (AvgIpc) is 3.04. The minimum atomic E-state index is -0.297. The highest BCUT2D eigenvalue weighted by molar-refractivity contribution is 5.92. The first kappa shape index (κ1) is 15.9. The Morgan fingerprint density at radius 3 is 3.00 bits per heavy atom. The molecule has 1 atom stereocenters. The molecule has 0 unspecified atom stereocenters. The molecule has 0 aliphatic carbocycles. The second-order valence-electron chi connectivity index (χ2n) is 6.72. The maximum atomic E-state index is 12.9. The van der Waals surface area contributed by atoms with E-state index in [2.05, 4.69) is 23.3 Å². The largest absolute Gasteiger partial charge is 0.483 e. The van der Waals surface area contributed by atoms with Crippen molar-refractivity contribution in [2.75, 3.05) is 13.1 Å². The van der Waals surface area contributed by atoms with E-state index in [4.69, 9.17) is 4.74 Å². The zero-order valence-corrected chi connectivity index (χ0v) is 14.5. The molecular weight excluding hydrogens is 314 g/mol. The molecule has 0 saturated carbocycles. The van der Waals surface area contributed by atoms with Crippen LogP contribution in [0.25, 0.3) is 6.08 Å². The highest BCUT2D eigenvalue weighted by Crippen LogP contribution is 2.37. The number of para-hydroxylation sites is 1. The zero-order chi connectivity index (χ0) is 17.3. The quantitative estimate of drug-likeness (QED) is 0.844. The molecule has 0 N–H and O–H groups in total. The molecule has 0 bridgehead atoms. The van der Waals surface area contributed by atoms with Crippen LogP contribution < -0.4 is 4.74 Å². The first-order valence-electron chi connectivity index (χ1n) is 8.99. The summed E-state index contributed by atoms with van der Waals surface area (Å²) in [6, 6.07) is 9.92. The summed E-state index contributed by atoms with van der Waals surface area (Å²) >= 11 is 0. The fraction of sp³-hybridized carbons (Fsp3) is 0.400. The standard InChI is InChI=1S/C20H23N3O2/c1-2-23-17(9-13-21-23)19(24)22-14-5-10-20(12-15-22)11-8-16-6-3-4-7-18(16)25-20/h3-4,6-9,11,13H,2,5,10,12,14-15H2,1H3/t20-/m0/s1. The third-order valence-electron chi connectivity index (χ3n) is 5.15. The summed E-state index contributed by atoms with van der Waals surface area (Å²) in [5.41, 5.74) is 1.50. The number of likely N-dealkylation sites (tertiary alicyclic amines) is 1. The third kappa shape index (κ3) is 2.95. The van der Waals surface area contributed by atoms with E-state index < -0.39 is 0 Å². The molecular formula is C20H23N3O2. The van der Waals surface area contributed by atoms with Gasteiger partial charge in [-0.2, -0.15) is 5.10 Å². The summed E-state index contributed by atoms with van der Waals surface area (Å²) in [5.74, 6) is 1.01. The highest BCUT2D eigenvalue weighted by atomic mass is 16.5. The molecule has 2 aliphatic rings. The minimum Gasteiger partial charge on any atom is -0.483 e. The van der Waals surface area contributed by atoms with Gasteiger partial charge in [0.1, 0.15) is 17.0 Å². The lowest BCUT2D eigenvalue weighted by Crippen LogP contribution is -2.38. The van der Waals surface area contributed by atoms with Gasteiger partial charge in [-0.15, -0.1) is 0 Å². The van der Waals surface area contributed by atoms with Crippen molar-refractivity contribution >= 4 is 12.0 Å². The number of fused-ring (bicyclic) bond motifs is 1. The minimum absolute atomic E-state index is 0.0663. The first-order chi connectivity index (χ1) is 12.2. The van der Waals surface area contributed by atoms with Gasteiger partial charge in [-0.05, 0) is 38.0 Å². The summed E-state index contributed by atoms with van der Waals surface area (Å²) < 4.78 is 8.12. The Kier molecular flexibility index (Phi) is 4.07. The lowest BCUT2D eigenvalue weighted by molar-refractivity contribution is 0.0719. The molecule has 1 aromatic carbocycles. The Hall–Kier alpha value is -2.56. The number of aromatic nitrogens is 2. The number of aryl methyl sites for hydroxylation is 1. The number of carbonyl (C=O) groups excluding carboxylic acids is 1. The van der Waals surface area contributed by atoms with Crippen LogP contribution in [0.5, 0.6) is 5.75 Å². The van der Waals surface area contributed by atoms with Gasteiger partial charge in [0.2, 0.25) is 0 Å². The molecule has 2 aromatic rings. The number of ether oxygens (including phenoxy) is 1. The van der Waals surface area contributed by atoms with Gasteiger partial charge in [-0.1, -0.05) is 24.3 Å². The molecule has 2 aliphatic heterocycles. The van der Waals surface area contributed by atoms with Crippen LogP contribution in [0.4, 0.5) is 0 Å². The molecule has 3 heterocycles. The van der Waals surface area contributed by atoms with E-state index in [0.29, 0.717) is 18.8 Å². The molecule has 5 heteroatoms. The molecule has 4 rings (SSSR count). The van der Waals surface area contributed by atoms with Gasteiger partial charge in [-0.25, -0.2) is 0 Å². The van der Waals surface area contributed by atoms with Gasteiger partial charge in [0.15, 0.2) is 0 Å². The molecule has 25 heavy (non-hydrogen) atoms. The van der Waals surface area contributed by atoms with E-state index in [-0.39, 0.29) is 11.5 Å². The summed E-state index contributed by atoms with van der Waals surface area (Å²) in [5, 5.41) is 4.22. The Balaban J connectivity index is 1.51. The SMILES string of the molecule is CCn1nccc1C(=O)N1CCC[C@]2(C=Cc3ccccc3O2)CC1. The second kappa shape index (κ2) is 6.39. The van der Waals surface area contributed by atoms with E-state index in [1.807, 2.05) is 30.0 Å². The van der Waals surface area contributed by atoms with E-state index in [1.165, 1.54) is 0 Å². The van der Waals surface area contributed by atoms with Crippen molar-refractivity contribution in [2.24, 2.45) is 0 Å². The number of nitrogens with zero attached hydrogens (tertiary/aromatic N) is 3. The Morgan fingerprint density at radius 2 is 2.12 bits per heavy atom. The van der Waals surface area contributed by atoms with Crippen molar-refractivity contribution in [3.63, 3.8) is 0 Å². The molecule has 0 radical (unpaired) electrons. The molecule has 1 spiro atoms. The Bertz CT molecular complexity index is 811. The Morgan fingerprint density at radius 1 is 1.24 bits per heavy atom. The number of hydrogen-bond donors (Lipinski definition) is 0. The van der Waals surface area contributed by atoms with Gasteiger partial charge in [0, 0.05) is 37.8 Å². The van der Waals surface area contributed by atoms with Crippen molar-refractivity contribution in [3.05, 3.63) is 53.9 Å². The number of benzene rings is 1. The van der Waals surface area contributed by atoms with Crippen LogP contribution in [0.1, 0.15) is 42.2 Å². The highest BCUT2D eigenvalue weighted by Gasteiger charge is 2.36. The monoisotopic (exact) mass is 337 g/mol. The van der Waals surface area contributed by atoms with Crippen molar-refractivity contribution in [1.82, 2.24) is 14.7 Å². The van der Waals surface area contributed by atoms with Crippen molar-refractivity contribution < 1.29 is 9.53 Å². The van der Waals surface area contributed by atoms with Gasteiger partial charge >= 0.3 is 0 Å². The molecule has 5 nitrogen and oxygen atoms in total. The number of rotatable bonds is 2. The van der Waals surface area contributed by atoms with Gasteiger partial charge in [0.05, 0.1) is 0 Å². The summed E-state index contributed by atoms with van der Waals surface area (Å²) in [6.45, 7) is 4.16. The third-order valence-corrected chi connectivity index (χ3v) is 5.15. The average molecular weight is 337 g/mol. The van der Waals surface area contributed by atoms with Gasteiger partial charge < -0.3 is 9.64 Å². The lowest BCUT2D eigenvalue weighted by Gasteiger charge is -2.34. The van der Waals surface area contributed by atoms with Crippen LogP contribution in [-0.4, -0.2) is 39.3 Å². The van der Waals surface area contributed by atoms with Crippen LogP contribution in [0.2, 0.25) is 0 Å². The van der Waals surface area contributed by atoms with E-state index in [9.17, 15) is 4.79 Å². The number of hydrogen-bond acceptors (Lipinski definition) is 3. The van der Waals surface area contributed by atoms with Crippen molar-refractivity contribution in [3.8, 4) is 5.75 Å². The summed E-state index contributed by atoms with van der Waals surface area (Å²) in [7, 11) is 0. The lowest BCUT2D eigenvalue weighted by atomic mass is 9.91. The first-order valence-corrected chi connectivity index (χ1v) is 8.99. The fourth-order valence-electron chi connectivity index (χ4n) is 3.74. The fourth-order valence-corrected chi connectivity index (χ4v) is 3.74.